The quantitative estimate of drug-likeness (QED) is 0.0446. The second-order valence-corrected chi connectivity index (χ2v) is 17.7. The first kappa shape index (κ1) is 46.5. The van der Waals surface area contributed by atoms with Gasteiger partial charge in [-0.15, -0.1) is 0 Å². The van der Waals surface area contributed by atoms with Gasteiger partial charge in [0.05, 0.1) is 25.6 Å². The summed E-state index contributed by atoms with van der Waals surface area (Å²) in [5.74, 6) is -4.08. The summed E-state index contributed by atoms with van der Waals surface area (Å²) in [6, 6.07) is 0. The SMILES string of the molecule is CCCCCC[C@H](C/C=C\CCCCCCCCOC(=O)CCC(=O)OCC(=O)[C@@]1(O)[C@H](C)C[C@H]2[C@@H]3CCC4=CC(=O)C=C[C@]4(C)[C@@]3(F)[C@@H](O)C[C@@]21C)OC(C)=O. The molecule has 10 nitrogen and oxygen atoms in total. The third-order valence-electron chi connectivity index (χ3n) is 13.9. The number of Topliss-reactive ketones (excluding diaryl/α,β-unsaturated/α-hetero) is 1. The van der Waals surface area contributed by atoms with Crippen LogP contribution in [-0.4, -0.2) is 76.4 Å². The number of hydrogen-bond acceptors (Lipinski definition) is 10. The number of unbranched alkanes of at least 4 members (excludes halogenated alkanes) is 9. The van der Waals surface area contributed by atoms with Crippen molar-refractivity contribution in [2.24, 2.45) is 28.6 Å². The third-order valence-corrected chi connectivity index (χ3v) is 13.9. The van der Waals surface area contributed by atoms with Crippen LogP contribution in [0.2, 0.25) is 0 Å². The molecule has 0 radical (unpaired) electrons. The molecule has 11 heteroatoms. The highest BCUT2D eigenvalue weighted by atomic mass is 19.1. The number of aliphatic hydroxyl groups is 2. The molecule has 0 amide bonds. The minimum absolute atomic E-state index is 0.0389. The Labute approximate surface area is 339 Å². The van der Waals surface area contributed by atoms with Crippen LogP contribution in [0.15, 0.2) is 36.0 Å². The maximum Gasteiger partial charge on any atom is 0.306 e. The van der Waals surface area contributed by atoms with Gasteiger partial charge in [0.2, 0.25) is 5.78 Å². The number of hydrogen-bond donors (Lipinski definition) is 2. The Hall–Kier alpha value is -3.18. The van der Waals surface area contributed by atoms with Gasteiger partial charge < -0.3 is 24.4 Å². The average Bonchev–Trinajstić information content (AvgIpc) is 3.36. The molecular formula is C46H69FO10. The molecule has 0 aromatic heterocycles. The number of carbonyl (C=O) groups is 5. The molecule has 0 heterocycles. The van der Waals surface area contributed by atoms with Crippen molar-refractivity contribution >= 4 is 29.5 Å². The summed E-state index contributed by atoms with van der Waals surface area (Å²) in [5, 5.41) is 23.6. The van der Waals surface area contributed by atoms with E-state index < -0.39 is 70.3 Å². The predicted octanol–water partition coefficient (Wildman–Crippen LogP) is 8.35. The van der Waals surface area contributed by atoms with Gasteiger partial charge in [0.25, 0.3) is 0 Å². The lowest BCUT2D eigenvalue weighted by Crippen LogP contribution is -2.69. The van der Waals surface area contributed by atoms with Gasteiger partial charge in [0, 0.05) is 30.1 Å². The summed E-state index contributed by atoms with van der Waals surface area (Å²) in [4.78, 5) is 62.1. The Kier molecular flexibility index (Phi) is 16.9. The second-order valence-electron chi connectivity index (χ2n) is 17.7. The molecule has 4 aliphatic rings. The largest absolute Gasteiger partial charge is 0.466 e. The normalized spacial score (nSPS) is 32.2. The molecule has 4 rings (SSSR count). The highest BCUT2D eigenvalue weighted by Crippen LogP contribution is 2.70. The van der Waals surface area contributed by atoms with Crippen LogP contribution in [0.5, 0.6) is 0 Å². The zero-order valence-corrected chi connectivity index (χ0v) is 35.2. The van der Waals surface area contributed by atoms with Crippen molar-refractivity contribution in [2.45, 2.75) is 180 Å². The number of fused-ring (bicyclic) bond motifs is 5. The highest BCUT2D eigenvalue weighted by molar-refractivity contribution is 6.01. The van der Waals surface area contributed by atoms with Crippen LogP contribution in [0.4, 0.5) is 4.39 Å². The van der Waals surface area contributed by atoms with E-state index in [2.05, 4.69) is 19.1 Å². The van der Waals surface area contributed by atoms with Crippen molar-refractivity contribution in [1.29, 1.82) is 0 Å². The molecule has 0 bridgehead atoms. The van der Waals surface area contributed by atoms with Gasteiger partial charge in [0.15, 0.2) is 18.1 Å². The molecule has 0 aliphatic heterocycles. The number of ketones is 2. The molecule has 0 aromatic carbocycles. The van der Waals surface area contributed by atoms with E-state index in [1.807, 2.05) is 0 Å². The van der Waals surface area contributed by atoms with Crippen LogP contribution < -0.4 is 0 Å². The lowest BCUT2D eigenvalue weighted by atomic mass is 9.44. The Morgan fingerprint density at radius 3 is 2.32 bits per heavy atom. The highest BCUT2D eigenvalue weighted by Gasteiger charge is 2.75. The molecule has 0 saturated heterocycles. The van der Waals surface area contributed by atoms with Crippen LogP contribution >= 0.6 is 0 Å². The predicted molar refractivity (Wildman–Crippen MR) is 214 cm³/mol. The van der Waals surface area contributed by atoms with Crippen molar-refractivity contribution in [2.75, 3.05) is 13.2 Å². The Morgan fingerprint density at radius 1 is 0.947 bits per heavy atom. The first-order valence-electron chi connectivity index (χ1n) is 21.7. The number of alkyl halides is 1. The van der Waals surface area contributed by atoms with Crippen LogP contribution in [0, 0.1) is 28.6 Å². The standard InChI is InChI=1S/C46H69FO10/c1-6-7-8-16-19-36(57-33(3)48)20-17-14-12-10-9-11-13-15-18-27-55-41(52)23-24-42(53)56-31-40(51)46(54)32(2)28-38-37-22-21-34-29-35(49)25-26-43(34,4)45(37,47)39(50)30-44(38,46)5/h14,17,25-26,29,32,36-39,50,54H,6-13,15-16,18-24,27-28,30-31H2,1-5H3/b17-14-/t32-,36-,37+,38+,39+,43+,44+,45+,46+/m1/s1. The number of halogens is 1. The molecule has 320 valence electrons. The average molecular weight is 801 g/mol. The molecular weight excluding hydrogens is 731 g/mol. The first-order valence-corrected chi connectivity index (χ1v) is 21.7. The maximum atomic E-state index is 17.4. The lowest BCUT2D eigenvalue weighted by molar-refractivity contribution is -0.220. The van der Waals surface area contributed by atoms with E-state index in [1.165, 1.54) is 38.3 Å². The molecule has 2 N–H and O–H groups in total. The molecule has 3 saturated carbocycles. The summed E-state index contributed by atoms with van der Waals surface area (Å²) in [6.45, 7) is 8.40. The van der Waals surface area contributed by atoms with E-state index >= 15 is 4.39 Å². The maximum absolute atomic E-state index is 17.4. The monoisotopic (exact) mass is 800 g/mol. The van der Waals surface area contributed by atoms with E-state index in [9.17, 15) is 34.2 Å². The fourth-order valence-corrected chi connectivity index (χ4v) is 10.6. The van der Waals surface area contributed by atoms with Crippen molar-refractivity contribution in [3.05, 3.63) is 36.0 Å². The molecule has 9 atom stereocenters. The number of aliphatic hydroxyl groups excluding tert-OH is 1. The van der Waals surface area contributed by atoms with Crippen molar-refractivity contribution in [3.63, 3.8) is 0 Å². The Balaban J connectivity index is 1.10. The first-order chi connectivity index (χ1) is 27.0. The van der Waals surface area contributed by atoms with E-state index in [-0.39, 0.29) is 43.7 Å². The molecule has 57 heavy (non-hydrogen) atoms. The molecule has 4 aliphatic carbocycles. The third kappa shape index (κ3) is 10.5. The zero-order valence-electron chi connectivity index (χ0n) is 35.2. The number of carbonyl (C=O) groups excluding carboxylic acids is 5. The van der Waals surface area contributed by atoms with Crippen LogP contribution in [-0.2, 0) is 38.2 Å². The zero-order chi connectivity index (χ0) is 41.9. The van der Waals surface area contributed by atoms with Crippen LogP contribution in [0.1, 0.15) is 157 Å². The molecule has 0 unspecified atom stereocenters. The Bertz CT molecular complexity index is 1520. The lowest BCUT2D eigenvalue weighted by Gasteiger charge is -2.62. The van der Waals surface area contributed by atoms with Crippen molar-refractivity contribution in [3.8, 4) is 0 Å². The number of esters is 3. The summed E-state index contributed by atoms with van der Waals surface area (Å²) < 4.78 is 33.4. The number of ether oxygens (including phenoxy) is 3. The number of rotatable bonds is 23. The van der Waals surface area contributed by atoms with Gasteiger partial charge in [0.1, 0.15) is 11.7 Å². The minimum atomic E-state index is -2.08. The van der Waals surface area contributed by atoms with E-state index in [1.54, 1.807) is 26.8 Å². The molecule has 3 fully saturated rings. The Morgan fingerprint density at radius 2 is 1.61 bits per heavy atom. The smallest absolute Gasteiger partial charge is 0.306 e. The van der Waals surface area contributed by atoms with Gasteiger partial charge >= 0.3 is 17.9 Å². The summed E-state index contributed by atoms with van der Waals surface area (Å²) in [5.41, 5.74) is -5.74. The van der Waals surface area contributed by atoms with Crippen molar-refractivity contribution in [1.82, 2.24) is 0 Å². The summed E-state index contributed by atoms with van der Waals surface area (Å²) >= 11 is 0. The minimum Gasteiger partial charge on any atom is -0.466 e. The van der Waals surface area contributed by atoms with Crippen LogP contribution in [0.25, 0.3) is 0 Å². The van der Waals surface area contributed by atoms with Gasteiger partial charge in [-0.3, -0.25) is 24.0 Å². The second kappa shape index (κ2) is 20.7. The fraction of sp³-hybridized carbons (Fsp3) is 0.761. The van der Waals surface area contributed by atoms with E-state index in [4.69, 9.17) is 14.2 Å². The van der Waals surface area contributed by atoms with Crippen LogP contribution in [0.3, 0.4) is 0 Å². The molecule has 0 spiro atoms. The van der Waals surface area contributed by atoms with Gasteiger partial charge in [-0.25, -0.2) is 4.39 Å². The van der Waals surface area contributed by atoms with Gasteiger partial charge in [-0.2, -0.15) is 0 Å². The summed E-state index contributed by atoms with van der Waals surface area (Å²) in [7, 11) is 0. The fourth-order valence-electron chi connectivity index (χ4n) is 10.6. The van der Waals surface area contributed by atoms with E-state index in [0.717, 1.165) is 64.2 Å². The van der Waals surface area contributed by atoms with E-state index in [0.29, 0.717) is 24.8 Å². The number of allylic oxidation sites excluding steroid dienone is 5. The summed E-state index contributed by atoms with van der Waals surface area (Å²) in [6.07, 6.45) is 21.0. The van der Waals surface area contributed by atoms with Gasteiger partial charge in [-0.1, -0.05) is 89.5 Å². The topological polar surface area (TPSA) is 154 Å². The van der Waals surface area contributed by atoms with Crippen molar-refractivity contribution < 1.29 is 52.8 Å². The van der Waals surface area contributed by atoms with Gasteiger partial charge in [-0.05, 0) is 88.7 Å². The molecule has 0 aromatic rings.